The summed E-state index contributed by atoms with van der Waals surface area (Å²) in [6.45, 7) is 2.29. The second-order valence-electron chi connectivity index (χ2n) is 7.35. The van der Waals surface area contributed by atoms with E-state index in [0.717, 1.165) is 16.8 Å². The fraction of sp³-hybridized carbons (Fsp3) is 0.190. The third-order valence-electron chi connectivity index (χ3n) is 5.29. The number of amides is 1. The molecule has 0 unspecified atom stereocenters. The maximum atomic E-state index is 13.0. The number of carbonyl (C=O) groups excluding carboxylic acids is 1. The highest BCUT2D eigenvalue weighted by molar-refractivity contribution is 5.76. The predicted molar refractivity (Wildman–Crippen MR) is 109 cm³/mol. The van der Waals surface area contributed by atoms with E-state index in [2.05, 4.69) is 15.1 Å². The van der Waals surface area contributed by atoms with Crippen LogP contribution in [0.1, 0.15) is 16.8 Å². The summed E-state index contributed by atoms with van der Waals surface area (Å²) in [5.74, 6) is -0.267. The molecule has 5 rings (SSSR count). The minimum Gasteiger partial charge on any atom is -0.331 e. The number of nitrogens with zero attached hydrogens (tertiary/aromatic N) is 5. The summed E-state index contributed by atoms with van der Waals surface area (Å²) >= 11 is 0. The second-order valence-corrected chi connectivity index (χ2v) is 7.35. The van der Waals surface area contributed by atoms with E-state index < -0.39 is 5.69 Å². The topological polar surface area (TPSA) is 105 Å². The van der Waals surface area contributed by atoms with Gasteiger partial charge < -0.3 is 4.90 Å². The van der Waals surface area contributed by atoms with Gasteiger partial charge >= 0.3 is 5.69 Å². The first-order valence-electron chi connectivity index (χ1n) is 9.49. The third-order valence-corrected chi connectivity index (χ3v) is 5.29. The molecule has 0 radical (unpaired) electrons. The molecule has 0 spiro atoms. The summed E-state index contributed by atoms with van der Waals surface area (Å²) in [4.78, 5) is 47.1. The van der Waals surface area contributed by atoms with Gasteiger partial charge in [-0.05, 0) is 18.6 Å². The fourth-order valence-electron chi connectivity index (χ4n) is 3.63. The van der Waals surface area contributed by atoms with Crippen molar-refractivity contribution in [3.05, 3.63) is 86.5 Å². The van der Waals surface area contributed by atoms with Crippen LogP contribution < -0.4 is 11.2 Å². The maximum absolute atomic E-state index is 13.0. The summed E-state index contributed by atoms with van der Waals surface area (Å²) in [7, 11) is 0. The molecule has 4 aromatic rings. The number of hydrogen-bond donors (Lipinski definition) is 1. The highest BCUT2D eigenvalue weighted by Crippen LogP contribution is 2.22. The van der Waals surface area contributed by atoms with Gasteiger partial charge in [0, 0.05) is 18.5 Å². The molecule has 1 amide bonds. The first-order valence-corrected chi connectivity index (χ1v) is 9.49. The molecule has 0 aliphatic carbocycles. The van der Waals surface area contributed by atoms with Gasteiger partial charge in [-0.25, -0.2) is 19.3 Å². The first kappa shape index (κ1) is 18.0. The Hall–Kier alpha value is -4.01. The van der Waals surface area contributed by atoms with Crippen LogP contribution in [0.15, 0.2) is 58.4 Å². The lowest BCUT2D eigenvalue weighted by molar-refractivity contribution is -0.132. The largest absolute Gasteiger partial charge is 0.347 e. The van der Waals surface area contributed by atoms with E-state index in [1.54, 1.807) is 6.07 Å². The molecule has 1 aliphatic heterocycles. The summed E-state index contributed by atoms with van der Waals surface area (Å²) in [5.41, 5.74) is 3.78. The Labute approximate surface area is 170 Å². The standard InChI is InChI=1S/C21H18N6O3/c1-13-3-5-14(6-4-13)16-9-18-23-17-11-26(10-15(17)20(29)27(18)24-16)19(28)12-25-8-2-7-22-21(25)30/h2-9,24H,10-12H2,1H3. The lowest BCUT2D eigenvalue weighted by atomic mass is 10.1. The Morgan fingerprint density at radius 2 is 1.97 bits per heavy atom. The number of aromatic amines is 1. The molecule has 0 saturated heterocycles. The van der Waals surface area contributed by atoms with Crippen LogP contribution in [0.5, 0.6) is 0 Å². The van der Waals surface area contributed by atoms with Crippen molar-refractivity contribution in [2.75, 3.05) is 0 Å². The quantitative estimate of drug-likeness (QED) is 0.552. The lowest BCUT2D eigenvalue weighted by Gasteiger charge is -2.15. The molecule has 1 aliphatic rings. The number of hydrogen-bond acceptors (Lipinski definition) is 5. The van der Waals surface area contributed by atoms with E-state index in [1.165, 1.54) is 26.4 Å². The number of aromatic nitrogens is 5. The lowest BCUT2D eigenvalue weighted by Crippen LogP contribution is -2.34. The molecule has 0 saturated carbocycles. The van der Waals surface area contributed by atoms with Gasteiger partial charge in [-0.15, -0.1) is 0 Å². The van der Waals surface area contributed by atoms with Crippen molar-refractivity contribution in [3.8, 4) is 11.3 Å². The van der Waals surface area contributed by atoms with Gasteiger partial charge in [-0.1, -0.05) is 29.8 Å². The molecule has 9 nitrogen and oxygen atoms in total. The normalized spacial score (nSPS) is 13.0. The van der Waals surface area contributed by atoms with Crippen LogP contribution in [0.2, 0.25) is 0 Å². The van der Waals surface area contributed by atoms with Crippen molar-refractivity contribution < 1.29 is 4.79 Å². The van der Waals surface area contributed by atoms with Gasteiger partial charge in [-0.3, -0.25) is 19.3 Å². The van der Waals surface area contributed by atoms with Gasteiger partial charge in [-0.2, -0.15) is 0 Å². The number of benzene rings is 1. The van der Waals surface area contributed by atoms with Crippen molar-refractivity contribution in [3.63, 3.8) is 0 Å². The Bertz CT molecular complexity index is 1400. The molecule has 9 heteroatoms. The molecular weight excluding hydrogens is 384 g/mol. The van der Waals surface area contributed by atoms with Crippen molar-refractivity contribution >= 4 is 11.6 Å². The van der Waals surface area contributed by atoms with Gasteiger partial charge in [0.05, 0.1) is 30.0 Å². The average molecular weight is 402 g/mol. The maximum Gasteiger partial charge on any atom is 0.347 e. The summed E-state index contributed by atoms with van der Waals surface area (Å²) in [5, 5.41) is 3.11. The number of H-pyrrole nitrogens is 1. The molecule has 0 bridgehead atoms. The molecule has 1 N–H and O–H groups in total. The minimum atomic E-state index is -0.488. The van der Waals surface area contributed by atoms with Crippen LogP contribution in [-0.4, -0.2) is 35.0 Å². The Morgan fingerprint density at radius 3 is 2.73 bits per heavy atom. The molecule has 3 aromatic heterocycles. The van der Waals surface area contributed by atoms with E-state index in [-0.39, 0.29) is 31.1 Å². The van der Waals surface area contributed by atoms with E-state index in [4.69, 9.17) is 0 Å². The number of rotatable bonds is 3. The van der Waals surface area contributed by atoms with Gasteiger partial charge in [0.15, 0.2) is 5.65 Å². The van der Waals surface area contributed by atoms with Crippen LogP contribution in [0, 0.1) is 6.92 Å². The van der Waals surface area contributed by atoms with Crippen LogP contribution in [-0.2, 0) is 24.4 Å². The predicted octanol–water partition coefficient (Wildman–Crippen LogP) is 1.10. The molecule has 0 fully saturated rings. The number of fused-ring (bicyclic) bond motifs is 2. The fourth-order valence-corrected chi connectivity index (χ4v) is 3.63. The van der Waals surface area contributed by atoms with E-state index >= 15 is 0 Å². The minimum absolute atomic E-state index is 0.128. The Kier molecular flexibility index (Phi) is 4.09. The SMILES string of the molecule is Cc1ccc(-c2cc3nc4c(c(=O)n3[nH]2)CN(C(=O)Cn2cccnc2=O)C4)cc1. The van der Waals surface area contributed by atoms with Gasteiger partial charge in [0.1, 0.15) is 6.54 Å². The average Bonchev–Trinajstić information content (AvgIpc) is 3.35. The Balaban J connectivity index is 1.44. The van der Waals surface area contributed by atoms with Crippen molar-refractivity contribution in [2.45, 2.75) is 26.6 Å². The monoisotopic (exact) mass is 402 g/mol. The van der Waals surface area contributed by atoms with E-state index in [1.807, 2.05) is 37.3 Å². The molecule has 0 atom stereocenters. The van der Waals surface area contributed by atoms with E-state index in [0.29, 0.717) is 16.9 Å². The zero-order valence-corrected chi connectivity index (χ0v) is 16.2. The Morgan fingerprint density at radius 1 is 1.17 bits per heavy atom. The highest BCUT2D eigenvalue weighted by atomic mass is 16.2. The number of nitrogens with one attached hydrogen (secondary N) is 1. The summed E-state index contributed by atoms with van der Waals surface area (Å²) in [6, 6.07) is 11.4. The van der Waals surface area contributed by atoms with Crippen LogP contribution in [0.25, 0.3) is 16.9 Å². The van der Waals surface area contributed by atoms with Gasteiger partial charge in [0.25, 0.3) is 5.56 Å². The second kappa shape index (κ2) is 6.80. The molecule has 30 heavy (non-hydrogen) atoms. The van der Waals surface area contributed by atoms with Crippen LogP contribution in [0.4, 0.5) is 0 Å². The summed E-state index contributed by atoms with van der Waals surface area (Å²) in [6.07, 6.45) is 2.90. The molecule has 150 valence electrons. The molecule has 1 aromatic carbocycles. The molecular formula is C21H18N6O3. The zero-order chi connectivity index (χ0) is 20.8. The number of aryl methyl sites for hydroxylation is 1. The third kappa shape index (κ3) is 3.00. The summed E-state index contributed by atoms with van der Waals surface area (Å²) < 4.78 is 2.65. The number of carbonyl (C=O) groups is 1. The van der Waals surface area contributed by atoms with Crippen molar-refractivity contribution in [1.29, 1.82) is 0 Å². The van der Waals surface area contributed by atoms with E-state index in [9.17, 15) is 14.4 Å². The van der Waals surface area contributed by atoms with Crippen molar-refractivity contribution in [1.82, 2.24) is 29.0 Å². The van der Waals surface area contributed by atoms with Gasteiger partial charge in [0.2, 0.25) is 5.91 Å². The van der Waals surface area contributed by atoms with Crippen LogP contribution in [0.3, 0.4) is 0 Å². The zero-order valence-electron chi connectivity index (χ0n) is 16.2. The smallest absolute Gasteiger partial charge is 0.331 e. The first-order chi connectivity index (χ1) is 14.5. The molecule has 4 heterocycles. The highest BCUT2D eigenvalue weighted by Gasteiger charge is 2.28. The van der Waals surface area contributed by atoms with Crippen molar-refractivity contribution in [2.24, 2.45) is 0 Å². The van der Waals surface area contributed by atoms with Crippen LogP contribution >= 0.6 is 0 Å².